The lowest BCUT2D eigenvalue weighted by Gasteiger charge is -2.42. The molecule has 3 unspecified atom stereocenters. The van der Waals surface area contributed by atoms with Gasteiger partial charge < -0.3 is 4.90 Å². The molecule has 1 aliphatic carbocycles. The Morgan fingerprint density at radius 3 is 2.71 bits per heavy atom. The first-order valence-corrected chi connectivity index (χ1v) is 9.01. The standard InChI is InChI=1S/C18H33N3/c1-4-16-7-6-11-21(12-9-16)17-8-5-10-18(13-17,14-19)20-15(2)3/h15-17,20H,4-13H2,1-3H3. The Bertz CT molecular complexity index is 360. The van der Waals surface area contributed by atoms with Crippen LogP contribution in [-0.2, 0) is 0 Å². The van der Waals surface area contributed by atoms with Crippen LogP contribution in [-0.4, -0.2) is 35.6 Å². The van der Waals surface area contributed by atoms with Crippen molar-refractivity contribution in [3.63, 3.8) is 0 Å². The van der Waals surface area contributed by atoms with Crippen molar-refractivity contribution in [2.75, 3.05) is 13.1 Å². The molecule has 3 nitrogen and oxygen atoms in total. The minimum absolute atomic E-state index is 0.284. The second-order valence-electron chi connectivity index (χ2n) is 7.48. The van der Waals surface area contributed by atoms with E-state index >= 15 is 0 Å². The minimum Gasteiger partial charge on any atom is -0.300 e. The Balaban J connectivity index is 1.98. The SMILES string of the molecule is CCC1CCCN(C2CCCC(C#N)(NC(C)C)C2)CC1. The second kappa shape index (κ2) is 7.61. The summed E-state index contributed by atoms with van der Waals surface area (Å²) in [4.78, 5) is 2.70. The van der Waals surface area contributed by atoms with E-state index in [1.54, 1.807) is 0 Å². The van der Waals surface area contributed by atoms with E-state index in [0.717, 1.165) is 18.8 Å². The fraction of sp³-hybridized carbons (Fsp3) is 0.944. The highest BCUT2D eigenvalue weighted by molar-refractivity contribution is 5.11. The third kappa shape index (κ3) is 4.44. The number of nitrogens with one attached hydrogen (secondary N) is 1. The molecule has 1 saturated carbocycles. The van der Waals surface area contributed by atoms with Crippen molar-refractivity contribution >= 4 is 0 Å². The first kappa shape index (κ1) is 16.8. The van der Waals surface area contributed by atoms with E-state index in [9.17, 15) is 5.26 Å². The van der Waals surface area contributed by atoms with Gasteiger partial charge in [-0.1, -0.05) is 13.3 Å². The van der Waals surface area contributed by atoms with E-state index in [-0.39, 0.29) is 5.54 Å². The van der Waals surface area contributed by atoms with Crippen molar-refractivity contribution in [2.24, 2.45) is 5.92 Å². The van der Waals surface area contributed by atoms with Crippen molar-refractivity contribution in [3.05, 3.63) is 0 Å². The molecule has 0 amide bonds. The molecule has 0 bridgehead atoms. The van der Waals surface area contributed by atoms with Gasteiger partial charge in [-0.2, -0.15) is 5.26 Å². The molecule has 1 N–H and O–H groups in total. The van der Waals surface area contributed by atoms with Gasteiger partial charge in [-0.05, 0) is 77.8 Å². The first-order chi connectivity index (χ1) is 10.1. The van der Waals surface area contributed by atoms with Crippen LogP contribution in [0.4, 0.5) is 0 Å². The highest BCUT2D eigenvalue weighted by Gasteiger charge is 2.39. The summed E-state index contributed by atoms with van der Waals surface area (Å²) in [7, 11) is 0. The summed E-state index contributed by atoms with van der Waals surface area (Å²) >= 11 is 0. The molecule has 0 radical (unpaired) electrons. The molecule has 1 saturated heterocycles. The molecule has 2 fully saturated rings. The zero-order valence-corrected chi connectivity index (χ0v) is 14.2. The van der Waals surface area contributed by atoms with Gasteiger partial charge in [0.2, 0.25) is 0 Å². The molecule has 0 aromatic heterocycles. The number of nitrogens with zero attached hydrogens (tertiary/aromatic N) is 2. The quantitative estimate of drug-likeness (QED) is 0.858. The molecule has 2 aliphatic rings. The molecule has 0 aromatic rings. The third-order valence-corrected chi connectivity index (χ3v) is 5.48. The maximum absolute atomic E-state index is 9.71. The summed E-state index contributed by atoms with van der Waals surface area (Å²) in [6.07, 6.45) is 9.91. The lowest BCUT2D eigenvalue weighted by molar-refractivity contribution is 0.118. The Hall–Kier alpha value is -0.590. The van der Waals surface area contributed by atoms with Crippen LogP contribution >= 0.6 is 0 Å². The molecule has 2 rings (SSSR count). The zero-order valence-electron chi connectivity index (χ0n) is 14.2. The summed E-state index contributed by atoms with van der Waals surface area (Å²) < 4.78 is 0. The molecule has 1 aliphatic heterocycles. The van der Waals surface area contributed by atoms with Crippen LogP contribution in [0, 0.1) is 17.2 Å². The van der Waals surface area contributed by atoms with Gasteiger partial charge in [-0.25, -0.2) is 0 Å². The van der Waals surface area contributed by atoms with Crippen molar-refractivity contribution in [1.82, 2.24) is 10.2 Å². The average molecular weight is 291 g/mol. The lowest BCUT2D eigenvalue weighted by atomic mass is 9.78. The van der Waals surface area contributed by atoms with E-state index in [1.165, 1.54) is 51.6 Å². The summed E-state index contributed by atoms with van der Waals surface area (Å²) in [6.45, 7) is 9.12. The fourth-order valence-corrected chi connectivity index (χ4v) is 4.34. The van der Waals surface area contributed by atoms with Crippen LogP contribution < -0.4 is 5.32 Å². The van der Waals surface area contributed by atoms with Crippen molar-refractivity contribution in [3.8, 4) is 6.07 Å². The number of hydrogen-bond acceptors (Lipinski definition) is 3. The molecule has 3 atom stereocenters. The lowest BCUT2D eigenvalue weighted by Crippen LogP contribution is -2.54. The molecular weight excluding hydrogens is 258 g/mol. The van der Waals surface area contributed by atoms with E-state index in [2.05, 4.69) is 37.1 Å². The molecular formula is C18H33N3. The summed E-state index contributed by atoms with van der Waals surface area (Å²) in [5.41, 5.74) is -0.284. The van der Waals surface area contributed by atoms with Gasteiger partial charge in [-0.3, -0.25) is 5.32 Å². The predicted octanol–water partition coefficient (Wildman–Crippen LogP) is 3.70. The third-order valence-electron chi connectivity index (χ3n) is 5.48. The molecule has 0 aromatic carbocycles. The van der Waals surface area contributed by atoms with Crippen molar-refractivity contribution in [1.29, 1.82) is 5.26 Å². The predicted molar refractivity (Wildman–Crippen MR) is 88.1 cm³/mol. The van der Waals surface area contributed by atoms with E-state index in [4.69, 9.17) is 0 Å². The molecule has 21 heavy (non-hydrogen) atoms. The highest BCUT2D eigenvalue weighted by atomic mass is 15.2. The smallest absolute Gasteiger partial charge is 0.108 e. The van der Waals surface area contributed by atoms with Crippen LogP contribution in [0.5, 0.6) is 0 Å². The van der Waals surface area contributed by atoms with Crippen LogP contribution in [0.3, 0.4) is 0 Å². The van der Waals surface area contributed by atoms with E-state index in [1.807, 2.05) is 0 Å². The van der Waals surface area contributed by atoms with Gasteiger partial charge in [-0.15, -0.1) is 0 Å². The first-order valence-electron chi connectivity index (χ1n) is 9.01. The van der Waals surface area contributed by atoms with Gasteiger partial charge in [0.25, 0.3) is 0 Å². The Morgan fingerprint density at radius 2 is 2.05 bits per heavy atom. The Labute approximate surface area is 131 Å². The largest absolute Gasteiger partial charge is 0.300 e. The molecule has 1 heterocycles. The topological polar surface area (TPSA) is 39.1 Å². The maximum Gasteiger partial charge on any atom is 0.108 e. The van der Waals surface area contributed by atoms with Gasteiger partial charge >= 0.3 is 0 Å². The van der Waals surface area contributed by atoms with Crippen LogP contribution in [0.15, 0.2) is 0 Å². The van der Waals surface area contributed by atoms with Gasteiger partial charge in [0.15, 0.2) is 0 Å². The van der Waals surface area contributed by atoms with Crippen molar-refractivity contribution < 1.29 is 0 Å². The van der Waals surface area contributed by atoms with Gasteiger partial charge in [0.05, 0.1) is 6.07 Å². The van der Waals surface area contributed by atoms with E-state index < -0.39 is 0 Å². The number of rotatable bonds is 4. The number of hydrogen-bond donors (Lipinski definition) is 1. The number of likely N-dealkylation sites (tertiary alicyclic amines) is 1. The van der Waals surface area contributed by atoms with Crippen LogP contribution in [0.1, 0.15) is 72.1 Å². The summed E-state index contributed by atoms with van der Waals surface area (Å²) in [6, 6.07) is 3.61. The molecule has 0 spiro atoms. The second-order valence-corrected chi connectivity index (χ2v) is 7.48. The zero-order chi connectivity index (χ0) is 15.3. The fourth-order valence-electron chi connectivity index (χ4n) is 4.34. The highest BCUT2D eigenvalue weighted by Crippen LogP contribution is 2.33. The Morgan fingerprint density at radius 1 is 1.24 bits per heavy atom. The van der Waals surface area contributed by atoms with E-state index in [0.29, 0.717) is 12.1 Å². The Kier molecular flexibility index (Phi) is 6.08. The van der Waals surface area contributed by atoms with Crippen molar-refractivity contribution in [2.45, 2.75) is 89.8 Å². The van der Waals surface area contributed by atoms with Crippen LogP contribution in [0.2, 0.25) is 0 Å². The minimum atomic E-state index is -0.284. The molecule has 120 valence electrons. The number of nitriles is 1. The maximum atomic E-state index is 9.71. The average Bonchev–Trinajstić information content (AvgIpc) is 2.72. The molecule has 3 heteroatoms. The summed E-state index contributed by atoms with van der Waals surface area (Å²) in [5, 5.41) is 13.3. The van der Waals surface area contributed by atoms with Gasteiger partial charge in [0, 0.05) is 12.1 Å². The normalized spacial score (nSPS) is 35.4. The van der Waals surface area contributed by atoms with Crippen LogP contribution in [0.25, 0.3) is 0 Å². The summed E-state index contributed by atoms with van der Waals surface area (Å²) in [5.74, 6) is 0.924. The monoisotopic (exact) mass is 291 g/mol. The van der Waals surface area contributed by atoms with Gasteiger partial charge in [0.1, 0.15) is 5.54 Å².